The van der Waals surface area contributed by atoms with Gasteiger partial charge < -0.3 is 5.32 Å². The van der Waals surface area contributed by atoms with E-state index in [1.54, 1.807) is 18.3 Å². The number of hydrogen-bond acceptors (Lipinski definition) is 3. The minimum atomic E-state index is -0.235. The number of nitrogens with zero attached hydrogens (tertiary/aromatic N) is 2. The van der Waals surface area contributed by atoms with Gasteiger partial charge in [-0.3, -0.25) is 9.78 Å². The zero-order valence-corrected chi connectivity index (χ0v) is 8.82. The maximum absolute atomic E-state index is 11.5. The Bertz CT molecular complexity index is 393. The van der Waals surface area contributed by atoms with Gasteiger partial charge in [-0.2, -0.15) is 5.26 Å². The van der Waals surface area contributed by atoms with E-state index >= 15 is 0 Å². The Morgan fingerprint density at radius 2 is 2.40 bits per heavy atom. The lowest BCUT2D eigenvalue weighted by molar-refractivity contribution is 0.0958. The number of amides is 1. The normalized spacial score (nSPS) is 9.73. The van der Waals surface area contributed by atoms with Crippen molar-refractivity contribution in [2.45, 2.75) is 19.8 Å². The number of nitriles is 1. The number of pyridine rings is 1. The summed E-state index contributed by atoms with van der Waals surface area (Å²) in [5, 5.41) is 10.8. The van der Waals surface area contributed by atoms with Crippen LogP contribution in [0.25, 0.3) is 0 Å². The molecule has 1 amide bonds. The largest absolute Gasteiger partial charge is 0.339 e. The van der Waals surface area contributed by atoms with E-state index in [1.807, 2.05) is 19.9 Å². The van der Waals surface area contributed by atoms with E-state index in [0.717, 1.165) is 5.69 Å². The van der Waals surface area contributed by atoms with Crippen molar-refractivity contribution in [2.75, 3.05) is 6.54 Å². The predicted molar refractivity (Wildman–Crippen MR) is 56.3 cm³/mol. The molecule has 1 N–H and O–H groups in total. The van der Waals surface area contributed by atoms with Crippen LogP contribution in [0.2, 0.25) is 0 Å². The van der Waals surface area contributed by atoms with Gasteiger partial charge in [0.05, 0.1) is 6.07 Å². The van der Waals surface area contributed by atoms with Crippen LogP contribution in [0.3, 0.4) is 0 Å². The van der Waals surface area contributed by atoms with Gasteiger partial charge in [-0.1, -0.05) is 13.8 Å². The molecular weight excluding hydrogens is 190 g/mol. The van der Waals surface area contributed by atoms with Gasteiger partial charge in [-0.15, -0.1) is 0 Å². The highest BCUT2D eigenvalue weighted by Gasteiger charge is 2.07. The molecule has 15 heavy (non-hydrogen) atoms. The molecule has 1 aromatic rings. The second-order valence-corrected chi connectivity index (χ2v) is 3.46. The van der Waals surface area contributed by atoms with Crippen molar-refractivity contribution in [1.82, 2.24) is 10.3 Å². The number of nitrogens with one attached hydrogen (secondary N) is 1. The van der Waals surface area contributed by atoms with Crippen LogP contribution in [0.5, 0.6) is 0 Å². The first-order chi connectivity index (χ1) is 7.15. The fourth-order valence-electron chi connectivity index (χ4n) is 1.13. The molecule has 0 aliphatic heterocycles. The maximum Gasteiger partial charge on any atom is 0.252 e. The third-order valence-electron chi connectivity index (χ3n) is 1.96. The quantitative estimate of drug-likeness (QED) is 0.756. The average Bonchev–Trinajstić information content (AvgIpc) is 2.26. The highest BCUT2D eigenvalue weighted by atomic mass is 16.1. The van der Waals surface area contributed by atoms with Gasteiger partial charge in [0, 0.05) is 17.5 Å². The van der Waals surface area contributed by atoms with E-state index in [2.05, 4.69) is 10.3 Å². The SMILES string of the molecule is CC(C)c1cc(C(=O)NCC#N)ccn1. The van der Waals surface area contributed by atoms with Crippen molar-refractivity contribution < 1.29 is 4.79 Å². The van der Waals surface area contributed by atoms with E-state index in [0.29, 0.717) is 5.56 Å². The lowest BCUT2D eigenvalue weighted by Crippen LogP contribution is -2.23. The molecule has 78 valence electrons. The Labute approximate surface area is 88.9 Å². The molecule has 0 unspecified atom stereocenters. The zero-order valence-electron chi connectivity index (χ0n) is 8.82. The van der Waals surface area contributed by atoms with Crippen LogP contribution in [-0.4, -0.2) is 17.4 Å². The second-order valence-electron chi connectivity index (χ2n) is 3.46. The number of carbonyl (C=O) groups is 1. The molecule has 0 bridgehead atoms. The smallest absolute Gasteiger partial charge is 0.252 e. The lowest BCUT2D eigenvalue weighted by Gasteiger charge is -2.06. The third kappa shape index (κ3) is 3.06. The molecule has 4 nitrogen and oxygen atoms in total. The van der Waals surface area contributed by atoms with E-state index in [9.17, 15) is 4.79 Å². The molecule has 1 aromatic heterocycles. The number of hydrogen-bond donors (Lipinski definition) is 1. The summed E-state index contributed by atoms with van der Waals surface area (Å²) in [5.41, 5.74) is 1.42. The lowest BCUT2D eigenvalue weighted by atomic mass is 10.1. The second kappa shape index (κ2) is 5.11. The van der Waals surface area contributed by atoms with Crippen LogP contribution in [0.1, 0.15) is 35.8 Å². The van der Waals surface area contributed by atoms with Crippen LogP contribution in [-0.2, 0) is 0 Å². The molecule has 0 spiro atoms. The fourth-order valence-corrected chi connectivity index (χ4v) is 1.13. The van der Waals surface area contributed by atoms with Gasteiger partial charge in [0.15, 0.2) is 0 Å². The number of rotatable bonds is 3. The molecule has 0 aliphatic carbocycles. The fraction of sp³-hybridized carbons (Fsp3) is 0.364. The van der Waals surface area contributed by atoms with Gasteiger partial charge in [0.1, 0.15) is 6.54 Å². The van der Waals surface area contributed by atoms with E-state index < -0.39 is 0 Å². The van der Waals surface area contributed by atoms with Crippen LogP contribution in [0.4, 0.5) is 0 Å². The summed E-state index contributed by atoms with van der Waals surface area (Å²) in [6.07, 6.45) is 1.61. The van der Waals surface area contributed by atoms with Crippen molar-refractivity contribution in [3.05, 3.63) is 29.6 Å². The Balaban J connectivity index is 2.82. The summed E-state index contributed by atoms with van der Waals surface area (Å²) in [6.45, 7) is 4.05. The van der Waals surface area contributed by atoms with E-state index in [4.69, 9.17) is 5.26 Å². The van der Waals surface area contributed by atoms with Gasteiger partial charge in [0.2, 0.25) is 0 Å². The van der Waals surface area contributed by atoms with Crippen molar-refractivity contribution in [1.29, 1.82) is 5.26 Å². The van der Waals surface area contributed by atoms with Gasteiger partial charge in [-0.25, -0.2) is 0 Å². The Hall–Kier alpha value is -1.89. The molecule has 0 atom stereocenters. The molecule has 4 heteroatoms. The highest BCUT2D eigenvalue weighted by Crippen LogP contribution is 2.12. The highest BCUT2D eigenvalue weighted by molar-refractivity contribution is 5.94. The van der Waals surface area contributed by atoms with Crippen molar-refractivity contribution >= 4 is 5.91 Å². The van der Waals surface area contributed by atoms with Gasteiger partial charge >= 0.3 is 0 Å². The first-order valence-electron chi connectivity index (χ1n) is 4.76. The Kier molecular flexibility index (Phi) is 3.81. The van der Waals surface area contributed by atoms with Crippen molar-refractivity contribution in [3.63, 3.8) is 0 Å². The molecule has 0 saturated carbocycles. The number of aromatic nitrogens is 1. The summed E-state index contributed by atoms with van der Waals surface area (Å²) >= 11 is 0. The van der Waals surface area contributed by atoms with Gasteiger partial charge in [-0.05, 0) is 18.1 Å². The zero-order chi connectivity index (χ0) is 11.3. The van der Waals surface area contributed by atoms with E-state index in [1.165, 1.54) is 0 Å². The molecule has 1 rings (SSSR count). The molecule has 0 radical (unpaired) electrons. The molecule has 0 aliphatic rings. The Morgan fingerprint density at radius 3 is 3.00 bits per heavy atom. The van der Waals surface area contributed by atoms with Crippen LogP contribution >= 0.6 is 0 Å². The molecule has 0 fully saturated rings. The van der Waals surface area contributed by atoms with Gasteiger partial charge in [0.25, 0.3) is 5.91 Å². The summed E-state index contributed by atoms with van der Waals surface area (Å²) in [7, 11) is 0. The average molecular weight is 203 g/mol. The van der Waals surface area contributed by atoms with Crippen molar-refractivity contribution in [3.8, 4) is 6.07 Å². The third-order valence-corrected chi connectivity index (χ3v) is 1.96. The Morgan fingerprint density at radius 1 is 1.67 bits per heavy atom. The van der Waals surface area contributed by atoms with Crippen LogP contribution < -0.4 is 5.32 Å². The monoisotopic (exact) mass is 203 g/mol. The van der Waals surface area contributed by atoms with Crippen LogP contribution in [0.15, 0.2) is 18.3 Å². The summed E-state index contributed by atoms with van der Waals surface area (Å²) in [6, 6.07) is 5.24. The van der Waals surface area contributed by atoms with E-state index in [-0.39, 0.29) is 18.4 Å². The standard InChI is InChI=1S/C11H13N3O/c1-8(2)10-7-9(3-5-13-10)11(15)14-6-4-12/h3,5,7-8H,6H2,1-2H3,(H,14,15). The minimum absolute atomic E-state index is 0.0260. The van der Waals surface area contributed by atoms with Crippen molar-refractivity contribution in [2.24, 2.45) is 0 Å². The minimum Gasteiger partial charge on any atom is -0.339 e. The van der Waals surface area contributed by atoms with Crippen LogP contribution in [0, 0.1) is 11.3 Å². The number of carbonyl (C=O) groups excluding carboxylic acids is 1. The molecule has 0 saturated heterocycles. The molecular formula is C11H13N3O. The molecule has 0 aromatic carbocycles. The summed E-state index contributed by atoms with van der Waals surface area (Å²) < 4.78 is 0. The first-order valence-corrected chi connectivity index (χ1v) is 4.76. The summed E-state index contributed by atoms with van der Waals surface area (Å²) in [4.78, 5) is 15.6. The summed E-state index contributed by atoms with van der Waals surface area (Å²) in [5.74, 6) is 0.0505. The topological polar surface area (TPSA) is 65.8 Å². The predicted octanol–water partition coefficient (Wildman–Crippen LogP) is 1.46. The maximum atomic E-state index is 11.5. The molecule has 1 heterocycles. The first kappa shape index (κ1) is 11.2.